The smallest absolute Gasteiger partial charge is 0.245 e. The van der Waals surface area contributed by atoms with Crippen molar-refractivity contribution in [2.45, 2.75) is 116 Å². The summed E-state index contributed by atoms with van der Waals surface area (Å²) < 4.78 is 15.7. The van der Waals surface area contributed by atoms with Gasteiger partial charge < -0.3 is 32.0 Å². The third-order valence-corrected chi connectivity index (χ3v) is 10.1. The minimum absolute atomic E-state index is 0. The van der Waals surface area contributed by atoms with E-state index in [4.69, 9.17) is 26.7 Å². The predicted molar refractivity (Wildman–Crippen MR) is 230 cm³/mol. The maximum absolute atomic E-state index is 14.0. The third kappa shape index (κ3) is 15.8. The minimum atomic E-state index is -0.559. The number of unbranched alkanes of at least 4 members (excludes halogenated alkanes) is 1. The minimum Gasteiger partial charge on any atom is -0.493 e. The first-order valence-electron chi connectivity index (χ1n) is 20.1. The summed E-state index contributed by atoms with van der Waals surface area (Å²) >= 11 is 0. The van der Waals surface area contributed by atoms with Crippen molar-refractivity contribution in [1.29, 1.82) is 0 Å². The molecule has 14 nitrogen and oxygen atoms in total. The Bertz CT molecular complexity index is 1760. The molecule has 0 saturated heterocycles. The van der Waals surface area contributed by atoms with Crippen LogP contribution in [0, 0.1) is 11.8 Å². The van der Waals surface area contributed by atoms with Gasteiger partial charge in [-0.2, -0.15) is 0 Å². The van der Waals surface area contributed by atoms with Crippen molar-refractivity contribution in [2.24, 2.45) is 34.0 Å². The van der Waals surface area contributed by atoms with E-state index in [0.29, 0.717) is 56.6 Å². The number of hydrogen-bond acceptors (Lipinski definition) is 9. The number of nitrogens with one attached hydrogen (secondary N) is 1. The van der Waals surface area contributed by atoms with Gasteiger partial charge in [0.05, 0.1) is 25.0 Å². The number of carbonyl (C=O) groups excluding carboxylic acids is 1. The zero-order valence-electron chi connectivity index (χ0n) is 33.5. The molecule has 0 unspecified atom stereocenters. The molecule has 0 spiro atoms. The molecule has 1 saturated carbocycles. The van der Waals surface area contributed by atoms with E-state index in [1.807, 2.05) is 54.9 Å². The number of carbonyl (C=O) groups is 1. The Morgan fingerprint density at radius 3 is 2.39 bits per heavy atom. The Labute approximate surface area is 349 Å². The van der Waals surface area contributed by atoms with Gasteiger partial charge in [0, 0.05) is 24.3 Å². The fourth-order valence-electron chi connectivity index (χ4n) is 7.01. The van der Waals surface area contributed by atoms with Crippen LogP contribution in [0.4, 0.5) is 0 Å². The Morgan fingerprint density at radius 2 is 1.65 bits per heavy atom. The fourth-order valence-corrected chi connectivity index (χ4v) is 7.01. The van der Waals surface area contributed by atoms with E-state index < -0.39 is 6.04 Å². The van der Waals surface area contributed by atoms with Crippen molar-refractivity contribution in [2.75, 3.05) is 19.7 Å². The summed E-state index contributed by atoms with van der Waals surface area (Å²) in [5.74, 6) is 2.71. The van der Waals surface area contributed by atoms with Crippen molar-refractivity contribution in [3.05, 3.63) is 72.3 Å². The lowest BCUT2D eigenvalue weighted by molar-refractivity contribution is -0.125. The Kier molecular flexibility index (Phi) is 20.7. The standard InChI is InChI=1S/C41H61N11O3.2ClH/c1-30(2)21-24-54-39-16-7-6-14-37(39)32-17-19-36(20-18-32)55-29-35-27-51(49-48-35)26-33(13-8-9-22-42)46-40(53)38(15-10-23-45-41(43)44)52-28-34(47-50-52)25-31-11-4-3-5-12-31;;/h6-7,14,16-20,27-28,30-31,33,38H,3-5,8-13,15,21-26,29,42H2,1-2H3,(H,46,53)(H4,43,44,45);2*1H/t33-,38-;;/m1../s1. The molecule has 314 valence electrons. The summed E-state index contributed by atoms with van der Waals surface area (Å²) in [6.45, 7) is 6.78. The molecule has 4 aromatic rings. The van der Waals surface area contributed by atoms with Crippen LogP contribution in [0.3, 0.4) is 0 Å². The van der Waals surface area contributed by atoms with Crippen molar-refractivity contribution in [1.82, 2.24) is 35.3 Å². The first-order chi connectivity index (χ1) is 26.8. The molecule has 2 heterocycles. The second kappa shape index (κ2) is 25.1. The molecular formula is C41H63Cl2N11O3. The Morgan fingerprint density at radius 1 is 0.895 bits per heavy atom. The zero-order valence-corrected chi connectivity index (χ0v) is 35.1. The van der Waals surface area contributed by atoms with Crippen LogP contribution >= 0.6 is 24.8 Å². The van der Waals surface area contributed by atoms with E-state index in [0.717, 1.165) is 60.4 Å². The lowest BCUT2D eigenvalue weighted by atomic mass is 9.86. The summed E-state index contributed by atoms with van der Waals surface area (Å²) in [7, 11) is 0. The molecule has 57 heavy (non-hydrogen) atoms. The van der Waals surface area contributed by atoms with Gasteiger partial charge in [-0.3, -0.25) is 14.5 Å². The fraction of sp³-hybridized carbons (Fsp3) is 0.561. The van der Waals surface area contributed by atoms with Crippen LogP contribution in [-0.4, -0.2) is 67.6 Å². The van der Waals surface area contributed by atoms with Crippen molar-refractivity contribution in [3.63, 3.8) is 0 Å². The average Bonchev–Trinajstić information content (AvgIpc) is 3.84. The first-order valence-corrected chi connectivity index (χ1v) is 20.1. The predicted octanol–water partition coefficient (Wildman–Crippen LogP) is 6.42. The van der Waals surface area contributed by atoms with Crippen LogP contribution in [0.1, 0.15) is 102 Å². The summed E-state index contributed by atoms with van der Waals surface area (Å²) in [6, 6.07) is 15.3. The van der Waals surface area contributed by atoms with Gasteiger partial charge in [0.1, 0.15) is 29.8 Å². The SMILES string of the molecule is CC(C)CCOc1ccccc1-c1ccc(OCc2cn(C[C@@H](CCCCN)NC(=O)[C@@H](CCCN=C(N)N)n3cc(CC4CCCCC4)nn3)nn2)cc1.Cl.Cl. The number of guanidine groups is 1. The van der Waals surface area contributed by atoms with E-state index in [2.05, 4.69) is 50.8 Å². The van der Waals surface area contributed by atoms with Crippen molar-refractivity contribution in [3.8, 4) is 22.6 Å². The van der Waals surface area contributed by atoms with Crippen LogP contribution in [0.25, 0.3) is 11.1 Å². The second-order valence-electron chi connectivity index (χ2n) is 15.1. The summed E-state index contributed by atoms with van der Waals surface area (Å²) in [5.41, 5.74) is 20.7. The van der Waals surface area contributed by atoms with Gasteiger partial charge in [-0.15, -0.1) is 35.0 Å². The van der Waals surface area contributed by atoms with Crippen molar-refractivity contribution >= 4 is 36.7 Å². The van der Waals surface area contributed by atoms with Crippen LogP contribution in [0.2, 0.25) is 0 Å². The number of benzene rings is 2. The summed E-state index contributed by atoms with van der Waals surface area (Å²) in [5, 5.41) is 20.9. The van der Waals surface area contributed by atoms with Gasteiger partial charge in [-0.05, 0) is 80.7 Å². The molecule has 16 heteroatoms. The molecule has 1 amide bonds. The van der Waals surface area contributed by atoms with E-state index in [9.17, 15) is 4.79 Å². The monoisotopic (exact) mass is 827 g/mol. The van der Waals surface area contributed by atoms with Gasteiger partial charge in [0.2, 0.25) is 5.91 Å². The van der Waals surface area contributed by atoms with E-state index in [1.54, 1.807) is 9.36 Å². The van der Waals surface area contributed by atoms with E-state index >= 15 is 0 Å². The molecule has 2 atom stereocenters. The van der Waals surface area contributed by atoms with Gasteiger partial charge >= 0.3 is 0 Å². The number of amides is 1. The molecule has 0 bridgehead atoms. The molecule has 1 aliphatic rings. The maximum Gasteiger partial charge on any atom is 0.245 e. The normalized spacial score (nSPS) is 13.9. The number of para-hydroxylation sites is 1. The van der Waals surface area contributed by atoms with Gasteiger partial charge in [0.15, 0.2) is 5.96 Å². The topological polar surface area (TPSA) is 199 Å². The number of ether oxygens (including phenoxy) is 2. The molecule has 5 rings (SSSR count). The van der Waals surface area contributed by atoms with Gasteiger partial charge in [0.25, 0.3) is 0 Å². The lowest BCUT2D eigenvalue weighted by Gasteiger charge is -2.23. The lowest BCUT2D eigenvalue weighted by Crippen LogP contribution is -2.42. The molecule has 1 aliphatic carbocycles. The molecule has 0 aliphatic heterocycles. The van der Waals surface area contributed by atoms with Crippen LogP contribution in [0.5, 0.6) is 11.5 Å². The van der Waals surface area contributed by atoms with Crippen LogP contribution < -0.4 is 32.0 Å². The highest BCUT2D eigenvalue weighted by Gasteiger charge is 2.26. The molecule has 7 N–H and O–H groups in total. The highest BCUT2D eigenvalue weighted by molar-refractivity contribution is 5.85. The zero-order chi connectivity index (χ0) is 38.8. The first kappa shape index (κ1) is 47.0. The van der Waals surface area contributed by atoms with Crippen molar-refractivity contribution < 1.29 is 14.3 Å². The van der Waals surface area contributed by atoms with Crippen LogP contribution in [-0.2, 0) is 24.4 Å². The number of hydrogen-bond donors (Lipinski definition) is 4. The van der Waals surface area contributed by atoms with E-state index in [1.165, 1.54) is 32.1 Å². The second-order valence-corrected chi connectivity index (χ2v) is 15.1. The van der Waals surface area contributed by atoms with Gasteiger partial charge in [-0.25, -0.2) is 4.68 Å². The van der Waals surface area contributed by atoms with Crippen LogP contribution in [0.15, 0.2) is 65.9 Å². The van der Waals surface area contributed by atoms with E-state index in [-0.39, 0.29) is 49.3 Å². The largest absolute Gasteiger partial charge is 0.493 e. The Hall–Kier alpha value is -4.40. The number of aromatic nitrogens is 6. The highest BCUT2D eigenvalue weighted by atomic mass is 35.5. The number of halogens is 2. The molecule has 2 aromatic heterocycles. The molecule has 2 aromatic carbocycles. The molecule has 1 fully saturated rings. The molecular weight excluding hydrogens is 765 g/mol. The quantitative estimate of drug-likeness (QED) is 0.0368. The third-order valence-electron chi connectivity index (χ3n) is 10.1. The number of nitrogens with zero attached hydrogens (tertiary/aromatic N) is 7. The molecule has 0 radical (unpaired) electrons. The maximum atomic E-state index is 14.0. The van der Waals surface area contributed by atoms with Gasteiger partial charge in [-0.1, -0.05) is 93.1 Å². The average molecular weight is 829 g/mol. The summed E-state index contributed by atoms with van der Waals surface area (Å²) in [6.07, 6.45) is 15.5. The number of nitrogens with two attached hydrogens (primary N) is 3. The Balaban J connectivity index is 0.00000435. The summed E-state index contributed by atoms with van der Waals surface area (Å²) in [4.78, 5) is 18.1. The number of rotatable bonds is 23. The highest BCUT2D eigenvalue weighted by Crippen LogP contribution is 2.31. The number of aliphatic imine (C=N–C) groups is 1.